The summed E-state index contributed by atoms with van der Waals surface area (Å²) < 4.78 is 5.31. The van der Waals surface area contributed by atoms with Crippen LogP contribution in [0.5, 0.6) is 5.75 Å². The normalized spacial score (nSPS) is 10.5. The molecule has 0 saturated carbocycles. The molecule has 0 aliphatic rings. The van der Waals surface area contributed by atoms with Crippen molar-refractivity contribution in [1.82, 2.24) is 5.43 Å². The molecule has 4 nitrogen and oxygen atoms in total. The largest absolute Gasteiger partial charge is 0.484 e. The van der Waals surface area contributed by atoms with Crippen molar-refractivity contribution in [2.45, 2.75) is 12.8 Å². The number of amides is 1. The van der Waals surface area contributed by atoms with Gasteiger partial charge in [0, 0.05) is 6.21 Å². The second kappa shape index (κ2) is 8.53. The molecule has 0 aromatic heterocycles. The Morgan fingerprint density at radius 3 is 2.43 bits per heavy atom. The molecule has 0 saturated heterocycles. The van der Waals surface area contributed by atoms with Gasteiger partial charge in [0.1, 0.15) is 5.75 Å². The van der Waals surface area contributed by atoms with Crippen molar-refractivity contribution in [3.63, 3.8) is 0 Å². The van der Waals surface area contributed by atoms with Gasteiger partial charge in [0.15, 0.2) is 6.61 Å². The first-order valence-corrected chi connectivity index (χ1v) is 6.87. The highest BCUT2D eigenvalue weighted by atomic mass is 16.5. The quantitative estimate of drug-likeness (QED) is 0.627. The van der Waals surface area contributed by atoms with Gasteiger partial charge in [0.2, 0.25) is 0 Å². The van der Waals surface area contributed by atoms with Crippen molar-refractivity contribution in [2.75, 3.05) is 6.61 Å². The second-order valence-electron chi connectivity index (χ2n) is 4.47. The van der Waals surface area contributed by atoms with Crippen molar-refractivity contribution >= 4 is 12.1 Å². The van der Waals surface area contributed by atoms with Gasteiger partial charge < -0.3 is 4.74 Å². The predicted molar refractivity (Wildman–Crippen MR) is 83.3 cm³/mol. The van der Waals surface area contributed by atoms with E-state index < -0.39 is 0 Å². The van der Waals surface area contributed by atoms with Crippen LogP contribution >= 0.6 is 0 Å². The summed E-state index contributed by atoms with van der Waals surface area (Å²) in [7, 11) is 0. The number of hydrogen-bond acceptors (Lipinski definition) is 3. The molecule has 1 amide bonds. The monoisotopic (exact) mass is 282 g/mol. The van der Waals surface area contributed by atoms with Gasteiger partial charge in [-0.1, -0.05) is 48.5 Å². The van der Waals surface area contributed by atoms with Crippen LogP contribution in [0.1, 0.15) is 12.0 Å². The topological polar surface area (TPSA) is 50.7 Å². The molecule has 0 aliphatic heterocycles. The van der Waals surface area contributed by atoms with E-state index in [2.05, 4.69) is 22.7 Å². The van der Waals surface area contributed by atoms with E-state index in [1.54, 1.807) is 18.3 Å². The molecule has 4 heteroatoms. The maximum absolute atomic E-state index is 11.5. The van der Waals surface area contributed by atoms with Gasteiger partial charge in [-0.25, -0.2) is 5.43 Å². The van der Waals surface area contributed by atoms with Gasteiger partial charge in [-0.15, -0.1) is 0 Å². The van der Waals surface area contributed by atoms with Gasteiger partial charge in [-0.2, -0.15) is 5.10 Å². The summed E-state index contributed by atoms with van der Waals surface area (Å²) in [6, 6.07) is 19.4. The van der Waals surface area contributed by atoms with E-state index in [4.69, 9.17) is 4.74 Å². The first-order valence-electron chi connectivity index (χ1n) is 6.87. The highest BCUT2D eigenvalue weighted by molar-refractivity contribution is 5.78. The van der Waals surface area contributed by atoms with Crippen molar-refractivity contribution < 1.29 is 9.53 Å². The number of aryl methyl sites for hydroxylation is 1. The van der Waals surface area contributed by atoms with Gasteiger partial charge in [0.25, 0.3) is 5.91 Å². The lowest BCUT2D eigenvalue weighted by molar-refractivity contribution is -0.123. The summed E-state index contributed by atoms with van der Waals surface area (Å²) in [5.41, 5.74) is 3.70. The van der Waals surface area contributed by atoms with E-state index in [0.29, 0.717) is 5.75 Å². The van der Waals surface area contributed by atoms with Crippen LogP contribution in [0.2, 0.25) is 0 Å². The Kier molecular flexibility index (Phi) is 6.00. The minimum Gasteiger partial charge on any atom is -0.484 e. The van der Waals surface area contributed by atoms with Crippen LogP contribution in [0.15, 0.2) is 65.8 Å². The molecule has 0 bridgehead atoms. The Morgan fingerprint density at radius 1 is 1.05 bits per heavy atom. The third-order valence-corrected chi connectivity index (χ3v) is 2.80. The first kappa shape index (κ1) is 14.8. The lowest BCUT2D eigenvalue weighted by atomic mass is 10.1. The number of nitrogens with one attached hydrogen (secondary N) is 1. The second-order valence-corrected chi connectivity index (χ2v) is 4.47. The molecule has 0 atom stereocenters. The molecule has 1 N–H and O–H groups in total. The van der Waals surface area contributed by atoms with E-state index in [9.17, 15) is 4.79 Å². The summed E-state index contributed by atoms with van der Waals surface area (Å²) >= 11 is 0. The van der Waals surface area contributed by atoms with E-state index in [1.165, 1.54) is 5.56 Å². The zero-order valence-electron chi connectivity index (χ0n) is 11.7. The lowest BCUT2D eigenvalue weighted by Gasteiger charge is -2.04. The number of carbonyl (C=O) groups excluding carboxylic acids is 1. The minimum atomic E-state index is -0.269. The molecule has 21 heavy (non-hydrogen) atoms. The number of carbonyl (C=O) groups is 1. The summed E-state index contributed by atoms with van der Waals surface area (Å²) in [5, 5.41) is 3.89. The van der Waals surface area contributed by atoms with E-state index in [-0.39, 0.29) is 12.5 Å². The van der Waals surface area contributed by atoms with Crippen LogP contribution in [0.4, 0.5) is 0 Å². The van der Waals surface area contributed by atoms with Crippen LogP contribution in [0.3, 0.4) is 0 Å². The van der Waals surface area contributed by atoms with Crippen LogP contribution in [-0.2, 0) is 11.2 Å². The van der Waals surface area contributed by atoms with Crippen molar-refractivity contribution in [3.05, 3.63) is 66.2 Å². The SMILES string of the molecule is O=C(COc1ccccc1)N/N=C/CCc1ccccc1. The number of benzene rings is 2. The molecular weight excluding hydrogens is 264 g/mol. The third kappa shape index (κ3) is 5.91. The van der Waals surface area contributed by atoms with Crippen molar-refractivity contribution in [1.29, 1.82) is 0 Å². The highest BCUT2D eigenvalue weighted by Gasteiger charge is 2.00. The number of nitrogens with zero attached hydrogens (tertiary/aromatic N) is 1. The highest BCUT2D eigenvalue weighted by Crippen LogP contribution is 2.07. The van der Waals surface area contributed by atoms with E-state index >= 15 is 0 Å². The molecule has 0 aliphatic carbocycles. The standard InChI is InChI=1S/C17H18N2O2/c20-17(14-21-16-11-5-2-6-12-16)19-18-13-7-10-15-8-3-1-4-9-15/h1-6,8-9,11-13H,7,10,14H2,(H,19,20)/b18-13+. The number of para-hydroxylation sites is 1. The smallest absolute Gasteiger partial charge is 0.277 e. The Hall–Kier alpha value is -2.62. The molecule has 2 aromatic rings. The molecule has 2 rings (SSSR count). The fourth-order valence-corrected chi connectivity index (χ4v) is 1.76. The zero-order valence-corrected chi connectivity index (χ0v) is 11.7. The Labute approximate surface area is 124 Å². The number of rotatable bonds is 7. The number of hydrogen-bond donors (Lipinski definition) is 1. The van der Waals surface area contributed by atoms with Gasteiger partial charge in [-0.05, 0) is 30.5 Å². The molecular formula is C17H18N2O2. The van der Waals surface area contributed by atoms with Crippen LogP contribution in [-0.4, -0.2) is 18.7 Å². The van der Waals surface area contributed by atoms with Crippen LogP contribution in [0.25, 0.3) is 0 Å². The van der Waals surface area contributed by atoms with E-state index in [1.807, 2.05) is 36.4 Å². The van der Waals surface area contributed by atoms with Crippen molar-refractivity contribution in [2.24, 2.45) is 5.10 Å². The molecule has 0 unspecified atom stereocenters. The lowest BCUT2D eigenvalue weighted by Crippen LogP contribution is -2.24. The average molecular weight is 282 g/mol. The van der Waals surface area contributed by atoms with Crippen LogP contribution < -0.4 is 10.2 Å². The molecule has 0 heterocycles. The van der Waals surface area contributed by atoms with E-state index in [0.717, 1.165) is 12.8 Å². The average Bonchev–Trinajstić information content (AvgIpc) is 2.54. The number of hydrazone groups is 1. The maximum atomic E-state index is 11.5. The fourth-order valence-electron chi connectivity index (χ4n) is 1.76. The minimum absolute atomic E-state index is 0.0416. The molecule has 0 spiro atoms. The molecule has 2 aromatic carbocycles. The maximum Gasteiger partial charge on any atom is 0.277 e. The Balaban J connectivity index is 1.61. The summed E-state index contributed by atoms with van der Waals surface area (Å²) in [4.78, 5) is 11.5. The molecule has 108 valence electrons. The zero-order chi connectivity index (χ0) is 14.8. The Bertz CT molecular complexity index is 568. The summed E-state index contributed by atoms with van der Waals surface area (Å²) in [5.74, 6) is 0.399. The Morgan fingerprint density at radius 2 is 1.71 bits per heavy atom. The van der Waals surface area contributed by atoms with Crippen LogP contribution in [0, 0.1) is 0 Å². The first-order chi connectivity index (χ1) is 10.3. The predicted octanol–water partition coefficient (Wildman–Crippen LogP) is 2.80. The molecule has 0 fully saturated rings. The molecule has 0 radical (unpaired) electrons. The third-order valence-electron chi connectivity index (χ3n) is 2.80. The summed E-state index contributed by atoms with van der Waals surface area (Å²) in [6.45, 7) is -0.0416. The van der Waals surface area contributed by atoms with Gasteiger partial charge in [0.05, 0.1) is 0 Å². The van der Waals surface area contributed by atoms with Gasteiger partial charge in [-0.3, -0.25) is 4.79 Å². The number of ether oxygens (including phenoxy) is 1. The summed E-state index contributed by atoms with van der Waals surface area (Å²) in [6.07, 6.45) is 3.39. The van der Waals surface area contributed by atoms with Crippen molar-refractivity contribution in [3.8, 4) is 5.75 Å². The van der Waals surface area contributed by atoms with Gasteiger partial charge >= 0.3 is 0 Å². The fraction of sp³-hybridized carbons (Fsp3) is 0.176.